The Hall–Kier alpha value is -1.53. The van der Waals surface area contributed by atoms with E-state index in [1.807, 2.05) is 12.1 Å². The molecule has 18 heavy (non-hydrogen) atoms. The highest BCUT2D eigenvalue weighted by molar-refractivity contribution is 7.13. The Bertz CT molecular complexity index is 492. The highest BCUT2D eigenvalue weighted by Crippen LogP contribution is 2.24. The smallest absolute Gasteiger partial charge is 0.299 e. The zero-order valence-electron chi connectivity index (χ0n) is 10.7. The molecule has 0 unspecified atom stereocenters. The van der Waals surface area contributed by atoms with Crippen LogP contribution < -0.4 is 10.1 Å². The van der Waals surface area contributed by atoms with Crippen molar-refractivity contribution in [2.75, 3.05) is 0 Å². The Morgan fingerprint density at radius 2 is 2.17 bits per heavy atom. The SMILES string of the molecule is CC(C)(C)NCc1nnc(Oc2cccnc2)s1. The molecule has 0 bridgehead atoms. The number of nitrogens with zero attached hydrogens (tertiary/aromatic N) is 3. The second-order valence-electron chi connectivity index (χ2n) is 4.86. The van der Waals surface area contributed by atoms with E-state index >= 15 is 0 Å². The summed E-state index contributed by atoms with van der Waals surface area (Å²) in [6, 6.07) is 3.65. The molecule has 2 heterocycles. The Labute approximate surface area is 110 Å². The van der Waals surface area contributed by atoms with Gasteiger partial charge < -0.3 is 10.1 Å². The standard InChI is InChI=1S/C12H16N4OS/c1-12(2,3)14-8-10-15-16-11(18-10)17-9-5-4-6-13-7-9/h4-7,14H,8H2,1-3H3. The number of hydrogen-bond donors (Lipinski definition) is 1. The van der Waals surface area contributed by atoms with E-state index in [-0.39, 0.29) is 5.54 Å². The molecule has 0 aliphatic carbocycles. The van der Waals surface area contributed by atoms with Crippen LogP contribution in [0.2, 0.25) is 0 Å². The topological polar surface area (TPSA) is 59.9 Å². The fraction of sp³-hybridized carbons (Fsp3) is 0.417. The van der Waals surface area contributed by atoms with Gasteiger partial charge in [-0.3, -0.25) is 4.98 Å². The lowest BCUT2D eigenvalue weighted by Gasteiger charge is -2.19. The normalized spacial score (nSPS) is 11.5. The van der Waals surface area contributed by atoms with Crippen molar-refractivity contribution in [3.8, 4) is 10.9 Å². The van der Waals surface area contributed by atoms with E-state index in [1.54, 1.807) is 12.4 Å². The maximum atomic E-state index is 5.55. The van der Waals surface area contributed by atoms with E-state index in [1.165, 1.54) is 11.3 Å². The number of hydrogen-bond acceptors (Lipinski definition) is 6. The van der Waals surface area contributed by atoms with Crippen molar-refractivity contribution >= 4 is 11.3 Å². The van der Waals surface area contributed by atoms with E-state index in [2.05, 4.69) is 41.3 Å². The number of ether oxygens (including phenoxy) is 1. The highest BCUT2D eigenvalue weighted by atomic mass is 32.1. The van der Waals surface area contributed by atoms with Crippen molar-refractivity contribution in [1.82, 2.24) is 20.5 Å². The first-order chi connectivity index (χ1) is 8.53. The third-order valence-electron chi connectivity index (χ3n) is 2.06. The van der Waals surface area contributed by atoms with E-state index < -0.39 is 0 Å². The molecule has 6 heteroatoms. The molecule has 0 fully saturated rings. The molecule has 0 aliphatic rings. The average Bonchev–Trinajstić information content (AvgIpc) is 2.75. The van der Waals surface area contributed by atoms with Gasteiger partial charge in [0.1, 0.15) is 10.8 Å². The van der Waals surface area contributed by atoms with Crippen molar-refractivity contribution in [3.05, 3.63) is 29.5 Å². The van der Waals surface area contributed by atoms with Crippen LogP contribution in [-0.2, 0) is 6.54 Å². The summed E-state index contributed by atoms with van der Waals surface area (Å²) in [5, 5.41) is 12.9. The van der Waals surface area contributed by atoms with Crippen LogP contribution >= 0.6 is 11.3 Å². The van der Waals surface area contributed by atoms with Gasteiger partial charge in [-0.25, -0.2) is 0 Å². The van der Waals surface area contributed by atoms with Crippen molar-refractivity contribution in [2.45, 2.75) is 32.9 Å². The van der Waals surface area contributed by atoms with Gasteiger partial charge in [0.05, 0.1) is 12.7 Å². The van der Waals surface area contributed by atoms with E-state index in [0.717, 1.165) is 5.01 Å². The molecule has 1 N–H and O–H groups in total. The van der Waals surface area contributed by atoms with Crippen molar-refractivity contribution in [2.24, 2.45) is 0 Å². The van der Waals surface area contributed by atoms with E-state index in [4.69, 9.17) is 4.74 Å². The van der Waals surface area contributed by atoms with Crippen LogP contribution in [0.1, 0.15) is 25.8 Å². The van der Waals surface area contributed by atoms with E-state index in [9.17, 15) is 0 Å². The van der Waals surface area contributed by atoms with Crippen molar-refractivity contribution in [1.29, 1.82) is 0 Å². The monoisotopic (exact) mass is 264 g/mol. The Morgan fingerprint density at radius 3 is 2.83 bits per heavy atom. The quantitative estimate of drug-likeness (QED) is 0.919. The van der Waals surface area contributed by atoms with Crippen LogP contribution in [0.5, 0.6) is 10.9 Å². The molecule has 0 amide bonds. The minimum absolute atomic E-state index is 0.0655. The van der Waals surface area contributed by atoms with Crippen LogP contribution in [0, 0.1) is 0 Å². The van der Waals surface area contributed by atoms with Crippen LogP contribution in [0.15, 0.2) is 24.5 Å². The van der Waals surface area contributed by atoms with Crippen LogP contribution in [0.3, 0.4) is 0 Å². The zero-order valence-corrected chi connectivity index (χ0v) is 11.5. The summed E-state index contributed by atoms with van der Waals surface area (Å²) in [5.74, 6) is 0.670. The van der Waals surface area contributed by atoms with Gasteiger partial charge >= 0.3 is 0 Å². The van der Waals surface area contributed by atoms with Gasteiger partial charge in [0.2, 0.25) is 0 Å². The molecule has 5 nitrogen and oxygen atoms in total. The first kappa shape index (κ1) is 12.9. The molecular formula is C12H16N4OS. The molecule has 0 aromatic carbocycles. The number of rotatable bonds is 4. The first-order valence-corrected chi connectivity index (χ1v) is 6.50. The van der Waals surface area contributed by atoms with Gasteiger partial charge in [-0.1, -0.05) is 16.4 Å². The molecule has 2 rings (SSSR count). The summed E-state index contributed by atoms with van der Waals surface area (Å²) in [4.78, 5) is 3.98. The summed E-state index contributed by atoms with van der Waals surface area (Å²) < 4.78 is 5.55. The Kier molecular flexibility index (Phi) is 3.88. The van der Waals surface area contributed by atoms with Gasteiger partial charge in [0.25, 0.3) is 5.19 Å². The minimum Gasteiger partial charge on any atom is -0.428 e. The molecule has 0 aliphatic heterocycles. The number of pyridine rings is 1. The van der Waals surface area contributed by atoms with Gasteiger partial charge in [0, 0.05) is 11.7 Å². The molecular weight excluding hydrogens is 248 g/mol. The highest BCUT2D eigenvalue weighted by Gasteiger charge is 2.11. The lowest BCUT2D eigenvalue weighted by Crippen LogP contribution is -2.35. The van der Waals surface area contributed by atoms with Gasteiger partial charge in [-0.2, -0.15) is 0 Å². The maximum Gasteiger partial charge on any atom is 0.299 e. The van der Waals surface area contributed by atoms with Gasteiger partial charge in [0.15, 0.2) is 0 Å². The molecule has 0 atom stereocenters. The van der Waals surface area contributed by atoms with Crippen molar-refractivity contribution in [3.63, 3.8) is 0 Å². The third-order valence-corrected chi connectivity index (χ3v) is 2.86. The van der Waals surface area contributed by atoms with Crippen LogP contribution in [0.4, 0.5) is 0 Å². The second kappa shape index (κ2) is 5.41. The second-order valence-corrected chi connectivity index (χ2v) is 5.88. The predicted octanol–water partition coefficient (Wildman–Crippen LogP) is 2.61. The Morgan fingerprint density at radius 1 is 1.33 bits per heavy atom. The molecule has 0 saturated heterocycles. The van der Waals surface area contributed by atoms with Gasteiger partial charge in [-0.05, 0) is 32.9 Å². The third kappa shape index (κ3) is 4.05. The van der Waals surface area contributed by atoms with Crippen LogP contribution in [-0.4, -0.2) is 20.7 Å². The molecule has 96 valence electrons. The van der Waals surface area contributed by atoms with Crippen molar-refractivity contribution < 1.29 is 4.74 Å². The lowest BCUT2D eigenvalue weighted by atomic mass is 10.1. The predicted molar refractivity (Wildman–Crippen MR) is 70.8 cm³/mol. The Balaban J connectivity index is 1.94. The fourth-order valence-electron chi connectivity index (χ4n) is 1.20. The number of nitrogens with one attached hydrogen (secondary N) is 1. The summed E-state index contributed by atoms with van der Waals surface area (Å²) in [6.07, 6.45) is 3.35. The summed E-state index contributed by atoms with van der Waals surface area (Å²) in [7, 11) is 0. The lowest BCUT2D eigenvalue weighted by molar-refractivity contribution is 0.423. The summed E-state index contributed by atoms with van der Waals surface area (Å²) >= 11 is 1.43. The summed E-state index contributed by atoms with van der Waals surface area (Å²) in [5.41, 5.74) is 0.0655. The molecule has 0 saturated carbocycles. The molecule has 0 radical (unpaired) electrons. The average molecular weight is 264 g/mol. The fourth-order valence-corrected chi connectivity index (χ4v) is 1.85. The molecule has 2 aromatic heterocycles. The van der Waals surface area contributed by atoms with E-state index in [0.29, 0.717) is 17.5 Å². The van der Waals surface area contributed by atoms with Crippen LogP contribution in [0.25, 0.3) is 0 Å². The van der Waals surface area contributed by atoms with Gasteiger partial charge in [-0.15, -0.1) is 5.10 Å². The molecule has 0 spiro atoms. The maximum absolute atomic E-state index is 5.55. The number of aromatic nitrogens is 3. The zero-order chi connectivity index (χ0) is 13.0. The first-order valence-electron chi connectivity index (χ1n) is 5.68. The largest absolute Gasteiger partial charge is 0.428 e. The minimum atomic E-state index is 0.0655. The summed E-state index contributed by atoms with van der Waals surface area (Å²) in [6.45, 7) is 7.03. The molecule has 2 aromatic rings.